The number of quaternary nitrogens is 1. The van der Waals surface area contributed by atoms with Gasteiger partial charge in [-0.15, -0.1) is 0 Å². The molecular formula is C20H23BrFN2O+. The number of carbonyl (C=O) groups is 1. The Balaban J connectivity index is 1.59. The zero-order valence-corrected chi connectivity index (χ0v) is 15.9. The van der Waals surface area contributed by atoms with E-state index < -0.39 is 0 Å². The predicted octanol–water partition coefficient (Wildman–Crippen LogP) is 3.01. The van der Waals surface area contributed by atoms with Crippen LogP contribution in [0.5, 0.6) is 0 Å². The lowest BCUT2D eigenvalue weighted by atomic mass is 10.1. The van der Waals surface area contributed by atoms with Crippen molar-refractivity contribution in [3.8, 4) is 0 Å². The van der Waals surface area contributed by atoms with Crippen LogP contribution < -0.4 is 10.2 Å². The Bertz CT molecular complexity index is 731. The topological polar surface area (TPSA) is 33.5 Å². The summed E-state index contributed by atoms with van der Waals surface area (Å²) >= 11 is 3.42. The summed E-state index contributed by atoms with van der Waals surface area (Å²) in [6.45, 7) is 2.91. The van der Waals surface area contributed by atoms with Crippen molar-refractivity contribution in [2.24, 2.45) is 0 Å². The second-order valence-electron chi connectivity index (χ2n) is 6.72. The molecule has 132 valence electrons. The average molecular weight is 406 g/mol. The van der Waals surface area contributed by atoms with Crippen LogP contribution in [0.25, 0.3) is 0 Å². The molecule has 1 aliphatic carbocycles. The molecule has 0 bridgehead atoms. The maximum absolute atomic E-state index is 13.9. The Morgan fingerprint density at radius 1 is 1.24 bits per heavy atom. The van der Waals surface area contributed by atoms with Gasteiger partial charge in [-0.1, -0.05) is 46.3 Å². The molecule has 1 aliphatic rings. The number of nitrogens with one attached hydrogen (secondary N) is 2. The van der Waals surface area contributed by atoms with E-state index in [1.165, 1.54) is 6.07 Å². The highest BCUT2D eigenvalue weighted by Gasteiger charge is 2.35. The van der Waals surface area contributed by atoms with Crippen LogP contribution in [0.15, 0.2) is 53.0 Å². The van der Waals surface area contributed by atoms with E-state index in [0.29, 0.717) is 24.7 Å². The molecule has 1 fully saturated rings. The Labute approximate surface area is 156 Å². The lowest BCUT2D eigenvalue weighted by Crippen LogP contribution is -3.13. The number of hydrogen-bond donors (Lipinski definition) is 2. The van der Waals surface area contributed by atoms with Crippen molar-refractivity contribution < 1.29 is 14.1 Å². The van der Waals surface area contributed by atoms with Gasteiger partial charge in [-0.3, -0.25) is 4.79 Å². The maximum Gasteiger partial charge on any atom is 0.275 e. The van der Waals surface area contributed by atoms with Gasteiger partial charge in [0.2, 0.25) is 0 Å². The second-order valence-corrected chi connectivity index (χ2v) is 7.63. The van der Waals surface area contributed by atoms with E-state index in [-0.39, 0.29) is 17.8 Å². The van der Waals surface area contributed by atoms with Gasteiger partial charge in [-0.2, -0.15) is 0 Å². The van der Waals surface area contributed by atoms with E-state index in [9.17, 15) is 9.18 Å². The van der Waals surface area contributed by atoms with E-state index in [1.54, 1.807) is 12.1 Å². The van der Waals surface area contributed by atoms with Gasteiger partial charge in [0, 0.05) is 22.9 Å². The van der Waals surface area contributed by atoms with Gasteiger partial charge in [0.15, 0.2) is 6.54 Å². The molecule has 1 amide bonds. The van der Waals surface area contributed by atoms with Crippen molar-refractivity contribution in [3.63, 3.8) is 0 Å². The van der Waals surface area contributed by atoms with Crippen LogP contribution >= 0.6 is 15.9 Å². The molecule has 1 unspecified atom stereocenters. The Kier molecular flexibility index (Phi) is 5.86. The van der Waals surface area contributed by atoms with Crippen LogP contribution in [0, 0.1) is 5.82 Å². The molecule has 3 nitrogen and oxygen atoms in total. The zero-order chi connectivity index (χ0) is 17.8. The van der Waals surface area contributed by atoms with Crippen LogP contribution in [-0.2, 0) is 11.3 Å². The first-order valence-corrected chi connectivity index (χ1v) is 9.45. The third-order valence-corrected chi connectivity index (χ3v) is 5.19. The molecule has 25 heavy (non-hydrogen) atoms. The molecule has 0 spiro atoms. The Morgan fingerprint density at radius 2 is 1.92 bits per heavy atom. The van der Waals surface area contributed by atoms with Crippen molar-refractivity contribution >= 4 is 21.8 Å². The van der Waals surface area contributed by atoms with Gasteiger partial charge in [0.05, 0.1) is 12.1 Å². The van der Waals surface area contributed by atoms with Gasteiger partial charge >= 0.3 is 0 Å². The van der Waals surface area contributed by atoms with Crippen LogP contribution in [0.4, 0.5) is 4.39 Å². The first-order chi connectivity index (χ1) is 12.0. The maximum atomic E-state index is 13.9. The number of hydrogen-bond acceptors (Lipinski definition) is 1. The molecule has 2 N–H and O–H groups in total. The molecule has 0 aromatic heterocycles. The third kappa shape index (κ3) is 5.13. The standard InChI is InChI=1S/C20H22BrFN2O/c1-14(15-6-8-17(21)9-7-15)23-20(25)13-24(18-10-11-18)12-16-4-2-3-5-19(16)22/h2-9,14,18H,10-13H2,1H3,(H,23,25)/p+1/t14-/m1/s1. The van der Waals surface area contributed by atoms with Gasteiger partial charge in [-0.05, 0) is 30.7 Å². The van der Waals surface area contributed by atoms with Crippen molar-refractivity contribution in [3.05, 3.63) is 69.9 Å². The van der Waals surface area contributed by atoms with E-state index in [0.717, 1.165) is 27.8 Å². The molecule has 0 radical (unpaired) electrons. The highest BCUT2D eigenvalue weighted by molar-refractivity contribution is 9.10. The van der Waals surface area contributed by atoms with Gasteiger partial charge < -0.3 is 10.2 Å². The molecule has 5 heteroatoms. The van der Waals surface area contributed by atoms with Crippen molar-refractivity contribution in [1.82, 2.24) is 5.32 Å². The normalized spacial score (nSPS) is 16.3. The smallest absolute Gasteiger partial charge is 0.275 e. The highest BCUT2D eigenvalue weighted by Crippen LogP contribution is 2.17. The fourth-order valence-corrected chi connectivity index (χ4v) is 3.33. The Morgan fingerprint density at radius 3 is 2.56 bits per heavy atom. The van der Waals surface area contributed by atoms with Crippen LogP contribution in [0.3, 0.4) is 0 Å². The molecule has 0 saturated heterocycles. The van der Waals surface area contributed by atoms with E-state index in [2.05, 4.69) is 21.2 Å². The molecular weight excluding hydrogens is 383 g/mol. The molecule has 1 saturated carbocycles. The number of rotatable bonds is 7. The van der Waals surface area contributed by atoms with Crippen LogP contribution in [0.1, 0.15) is 36.9 Å². The quantitative estimate of drug-likeness (QED) is 0.729. The van der Waals surface area contributed by atoms with E-state index in [4.69, 9.17) is 0 Å². The van der Waals surface area contributed by atoms with Gasteiger partial charge in [0.25, 0.3) is 5.91 Å². The largest absolute Gasteiger partial charge is 0.345 e. The first kappa shape index (κ1) is 18.1. The van der Waals surface area contributed by atoms with E-state index >= 15 is 0 Å². The van der Waals surface area contributed by atoms with Crippen molar-refractivity contribution in [2.45, 2.75) is 38.4 Å². The number of benzene rings is 2. The fraction of sp³-hybridized carbons (Fsp3) is 0.350. The molecule has 0 aliphatic heterocycles. The summed E-state index contributed by atoms with van der Waals surface area (Å²) in [6, 6.07) is 15.2. The molecule has 2 aromatic rings. The SMILES string of the molecule is C[C@@H](NC(=O)C[NH+](Cc1ccccc1F)C1CC1)c1ccc(Br)cc1. The lowest BCUT2D eigenvalue weighted by molar-refractivity contribution is -0.917. The summed E-state index contributed by atoms with van der Waals surface area (Å²) in [5.74, 6) is -0.182. The number of amides is 1. The zero-order valence-electron chi connectivity index (χ0n) is 14.3. The monoisotopic (exact) mass is 405 g/mol. The summed E-state index contributed by atoms with van der Waals surface area (Å²) < 4.78 is 14.9. The van der Waals surface area contributed by atoms with Gasteiger partial charge in [-0.25, -0.2) is 4.39 Å². The average Bonchev–Trinajstić information content (AvgIpc) is 3.41. The second kappa shape index (κ2) is 8.11. The number of halogens is 2. The van der Waals surface area contributed by atoms with Crippen molar-refractivity contribution in [1.29, 1.82) is 0 Å². The van der Waals surface area contributed by atoms with Gasteiger partial charge in [0.1, 0.15) is 12.4 Å². The molecule has 2 aromatic carbocycles. The van der Waals surface area contributed by atoms with Crippen LogP contribution in [0.2, 0.25) is 0 Å². The third-order valence-electron chi connectivity index (χ3n) is 4.67. The van der Waals surface area contributed by atoms with Crippen molar-refractivity contribution in [2.75, 3.05) is 6.54 Å². The molecule has 3 rings (SSSR count). The fourth-order valence-electron chi connectivity index (χ4n) is 3.06. The Hall–Kier alpha value is -1.72. The summed E-state index contributed by atoms with van der Waals surface area (Å²) in [5, 5.41) is 3.06. The lowest BCUT2D eigenvalue weighted by Gasteiger charge is -2.21. The molecule has 2 atom stereocenters. The minimum absolute atomic E-state index is 0.00802. The summed E-state index contributed by atoms with van der Waals surface area (Å²) in [7, 11) is 0. The highest BCUT2D eigenvalue weighted by atomic mass is 79.9. The van der Waals surface area contributed by atoms with Crippen LogP contribution in [-0.4, -0.2) is 18.5 Å². The number of carbonyl (C=O) groups excluding carboxylic acids is 1. The minimum Gasteiger partial charge on any atom is -0.345 e. The predicted molar refractivity (Wildman–Crippen MR) is 99.7 cm³/mol. The summed E-state index contributed by atoms with van der Waals surface area (Å²) in [6.07, 6.45) is 2.22. The molecule has 0 heterocycles. The summed E-state index contributed by atoms with van der Waals surface area (Å²) in [4.78, 5) is 13.6. The summed E-state index contributed by atoms with van der Waals surface area (Å²) in [5.41, 5.74) is 1.75. The first-order valence-electron chi connectivity index (χ1n) is 8.65. The van der Waals surface area contributed by atoms with E-state index in [1.807, 2.05) is 37.3 Å². The minimum atomic E-state index is -0.190.